The maximum atomic E-state index is 12.6. The number of imidazole rings is 1. The number of hydrogen-bond donors (Lipinski definition) is 5. The SMILES string of the molecule is CCCCS(=O)(=O)N[C@@H](Cc1ccc2c(c1)NC(=O)C(CCC(=O)Nc1nc3ccccc3[nH]1)O2)C(=O)O. The lowest BCUT2D eigenvalue weighted by Gasteiger charge is -2.26. The first-order valence-electron chi connectivity index (χ1n) is 12.2. The van der Waals surface area contributed by atoms with E-state index in [1.807, 2.05) is 31.2 Å². The number of amides is 2. The molecule has 1 aliphatic heterocycles. The summed E-state index contributed by atoms with van der Waals surface area (Å²) in [7, 11) is -3.75. The average molecular weight is 544 g/mol. The van der Waals surface area contributed by atoms with Gasteiger partial charge < -0.3 is 20.1 Å². The number of benzene rings is 2. The minimum absolute atomic E-state index is 0.0149. The van der Waals surface area contributed by atoms with E-state index in [1.54, 1.807) is 18.2 Å². The molecule has 38 heavy (non-hydrogen) atoms. The molecule has 0 saturated carbocycles. The van der Waals surface area contributed by atoms with Crippen LogP contribution in [-0.4, -0.2) is 59.2 Å². The van der Waals surface area contributed by atoms with Gasteiger partial charge in [-0.3, -0.25) is 19.7 Å². The van der Waals surface area contributed by atoms with Crippen molar-refractivity contribution < 1.29 is 32.6 Å². The summed E-state index contributed by atoms with van der Waals surface area (Å²) in [6, 6.07) is 10.7. The van der Waals surface area contributed by atoms with Gasteiger partial charge >= 0.3 is 5.97 Å². The van der Waals surface area contributed by atoms with E-state index in [-0.39, 0.29) is 30.9 Å². The summed E-state index contributed by atoms with van der Waals surface area (Å²) in [6.07, 6.45) is 0.213. The van der Waals surface area contributed by atoms with E-state index in [0.29, 0.717) is 35.8 Å². The number of carboxylic acid groups (broad SMARTS) is 1. The van der Waals surface area contributed by atoms with Gasteiger partial charge in [0, 0.05) is 12.8 Å². The Bertz CT molecular complexity index is 1420. The van der Waals surface area contributed by atoms with Gasteiger partial charge in [0.25, 0.3) is 5.91 Å². The molecule has 1 aromatic heterocycles. The summed E-state index contributed by atoms with van der Waals surface area (Å²) < 4.78 is 32.4. The van der Waals surface area contributed by atoms with Crippen LogP contribution in [0, 0.1) is 0 Å². The first-order valence-corrected chi connectivity index (χ1v) is 13.9. The lowest BCUT2D eigenvalue weighted by Crippen LogP contribution is -2.43. The molecule has 4 rings (SSSR count). The number of fused-ring (bicyclic) bond motifs is 2. The van der Waals surface area contributed by atoms with E-state index in [9.17, 15) is 27.9 Å². The number of aliphatic carboxylic acids is 1. The largest absolute Gasteiger partial charge is 0.480 e. The molecule has 2 amide bonds. The number of H-pyrrole nitrogens is 1. The number of carbonyl (C=O) groups is 3. The van der Waals surface area contributed by atoms with Gasteiger partial charge in [-0.05, 0) is 42.7 Å². The molecule has 0 fully saturated rings. The Morgan fingerprint density at radius 2 is 2.00 bits per heavy atom. The molecule has 12 nitrogen and oxygen atoms in total. The highest BCUT2D eigenvalue weighted by Gasteiger charge is 2.29. The first kappa shape index (κ1) is 27.1. The third kappa shape index (κ3) is 6.86. The molecule has 0 saturated heterocycles. The van der Waals surface area contributed by atoms with E-state index in [0.717, 1.165) is 11.0 Å². The van der Waals surface area contributed by atoms with Crippen molar-refractivity contribution in [2.75, 3.05) is 16.4 Å². The third-order valence-corrected chi connectivity index (χ3v) is 7.44. The Morgan fingerprint density at radius 1 is 1.21 bits per heavy atom. The Morgan fingerprint density at radius 3 is 2.74 bits per heavy atom. The number of sulfonamides is 1. The average Bonchev–Trinajstić information content (AvgIpc) is 3.28. The predicted molar refractivity (Wildman–Crippen MR) is 140 cm³/mol. The molecule has 2 heterocycles. The molecule has 0 radical (unpaired) electrons. The Balaban J connectivity index is 1.34. The number of carbonyl (C=O) groups excluding carboxylic acids is 2. The van der Waals surface area contributed by atoms with Crippen LogP contribution in [0.3, 0.4) is 0 Å². The highest BCUT2D eigenvalue weighted by Crippen LogP contribution is 2.32. The van der Waals surface area contributed by atoms with E-state index >= 15 is 0 Å². The second kappa shape index (κ2) is 11.6. The van der Waals surface area contributed by atoms with Crippen LogP contribution < -0.4 is 20.1 Å². The number of aromatic amines is 1. The summed E-state index contributed by atoms with van der Waals surface area (Å²) >= 11 is 0. The Hall–Kier alpha value is -3.97. The second-order valence-electron chi connectivity index (χ2n) is 9.00. The Kier molecular flexibility index (Phi) is 8.27. The molecule has 1 aliphatic rings. The van der Waals surface area contributed by atoms with Crippen molar-refractivity contribution in [2.45, 2.75) is 51.2 Å². The number of unbranched alkanes of at least 4 members (excludes halogenated alkanes) is 1. The lowest BCUT2D eigenvalue weighted by atomic mass is 10.0. The van der Waals surface area contributed by atoms with Crippen LogP contribution in [0.2, 0.25) is 0 Å². The van der Waals surface area contributed by atoms with Gasteiger partial charge in [-0.2, -0.15) is 0 Å². The minimum Gasteiger partial charge on any atom is -0.480 e. The number of para-hydroxylation sites is 2. The van der Waals surface area contributed by atoms with Crippen molar-refractivity contribution in [1.82, 2.24) is 14.7 Å². The summed E-state index contributed by atoms with van der Waals surface area (Å²) in [4.78, 5) is 44.0. The molecule has 2 atom stereocenters. The molecule has 5 N–H and O–H groups in total. The van der Waals surface area contributed by atoms with Gasteiger partial charge in [-0.15, -0.1) is 0 Å². The monoisotopic (exact) mass is 543 g/mol. The van der Waals surface area contributed by atoms with Gasteiger partial charge in [0.1, 0.15) is 11.8 Å². The predicted octanol–water partition coefficient (Wildman–Crippen LogP) is 2.40. The maximum absolute atomic E-state index is 12.6. The van der Waals surface area contributed by atoms with E-state index in [4.69, 9.17) is 4.74 Å². The van der Waals surface area contributed by atoms with Crippen LogP contribution in [0.25, 0.3) is 11.0 Å². The number of nitrogens with one attached hydrogen (secondary N) is 4. The fraction of sp³-hybridized carbons (Fsp3) is 0.360. The van der Waals surface area contributed by atoms with Crippen molar-refractivity contribution in [3.8, 4) is 5.75 Å². The second-order valence-corrected chi connectivity index (χ2v) is 10.9. The molecule has 0 aliphatic carbocycles. The zero-order valence-electron chi connectivity index (χ0n) is 20.7. The van der Waals surface area contributed by atoms with Crippen LogP contribution in [0.5, 0.6) is 5.75 Å². The number of hydrogen-bond acceptors (Lipinski definition) is 7. The van der Waals surface area contributed by atoms with Gasteiger partial charge in [0.2, 0.25) is 21.9 Å². The number of anilines is 2. The molecular weight excluding hydrogens is 514 g/mol. The van der Waals surface area contributed by atoms with Crippen molar-refractivity contribution in [1.29, 1.82) is 0 Å². The molecule has 202 valence electrons. The van der Waals surface area contributed by atoms with Crippen LogP contribution in [0.15, 0.2) is 42.5 Å². The molecule has 13 heteroatoms. The van der Waals surface area contributed by atoms with Gasteiger partial charge in [0.05, 0.1) is 22.5 Å². The number of ether oxygens (including phenoxy) is 1. The standard InChI is InChI=1S/C25H29N5O7S/c1-2-3-12-38(35,36)30-19(24(33)34)14-15-8-9-20-18(13-15)26-23(32)21(37-20)10-11-22(31)29-25-27-16-6-4-5-7-17(16)28-25/h4-9,13,19,21,30H,2-3,10-12,14H2,1H3,(H,26,32)(H,33,34)(H2,27,28,29,31)/t19-,21?/m0/s1. The number of carboxylic acids is 1. The van der Waals surface area contributed by atoms with Crippen molar-refractivity contribution in [3.05, 3.63) is 48.0 Å². The summed E-state index contributed by atoms with van der Waals surface area (Å²) in [5.41, 5.74) is 2.35. The Labute approximate surface area is 219 Å². The number of nitrogens with zero attached hydrogens (tertiary/aromatic N) is 1. The molecule has 2 aromatic carbocycles. The summed E-state index contributed by atoms with van der Waals surface area (Å²) in [5, 5.41) is 14.9. The normalized spacial score (nSPS) is 15.8. The quantitative estimate of drug-likeness (QED) is 0.231. The summed E-state index contributed by atoms with van der Waals surface area (Å²) in [6.45, 7) is 1.84. The summed E-state index contributed by atoms with van der Waals surface area (Å²) in [5.74, 6) is -1.55. The van der Waals surface area contributed by atoms with Gasteiger partial charge in [-0.1, -0.05) is 31.5 Å². The third-order valence-electron chi connectivity index (χ3n) is 5.97. The topological polar surface area (TPSA) is 180 Å². The van der Waals surface area contributed by atoms with Crippen LogP contribution in [-0.2, 0) is 30.8 Å². The van der Waals surface area contributed by atoms with E-state index < -0.39 is 34.0 Å². The van der Waals surface area contributed by atoms with Crippen LogP contribution in [0.4, 0.5) is 11.6 Å². The van der Waals surface area contributed by atoms with E-state index in [2.05, 4.69) is 25.3 Å². The van der Waals surface area contributed by atoms with E-state index in [1.165, 1.54) is 0 Å². The number of rotatable bonds is 12. The molecule has 3 aromatic rings. The maximum Gasteiger partial charge on any atom is 0.322 e. The van der Waals surface area contributed by atoms with Gasteiger partial charge in [-0.25, -0.2) is 18.1 Å². The molecule has 0 bridgehead atoms. The highest BCUT2D eigenvalue weighted by molar-refractivity contribution is 7.89. The van der Waals surface area contributed by atoms with Crippen molar-refractivity contribution >= 4 is 50.5 Å². The van der Waals surface area contributed by atoms with Crippen LogP contribution >= 0.6 is 0 Å². The fourth-order valence-electron chi connectivity index (χ4n) is 4.01. The number of aromatic nitrogens is 2. The molecular formula is C25H29N5O7S. The highest BCUT2D eigenvalue weighted by atomic mass is 32.2. The lowest BCUT2D eigenvalue weighted by molar-refractivity contribution is -0.139. The van der Waals surface area contributed by atoms with Crippen molar-refractivity contribution in [2.24, 2.45) is 0 Å². The fourth-order valence-corrected chi connectivity index (χ4v) is 5.41. The smallest absolute Gasteiger partial charge is 0.322 e. The minimum atomic E-state index is -3.75. The zero-order chi connectivity index (χ0) is 27.3. The first-order chi connectivity index (χ1) is 18.1. The van der Waals surface area contributed by atoms with Gasteiger partial charge in [0.15, 0.2) is 6.10 Å². The van der Waals surface area contributed by atoms with Crippen molar-refractivity contribution in [3.63, 3.8) is 0 Å². The van der Waals surface area contributed by atoms with Crippen LogP contribution in [0.1, 0.15) is 38.2 Å². The zero-order valence-corrected chi connectivity index (χ0v) is 21.5. The molecule has 0 spiro atoms. The molecule has 1 unspecified atom stereocenters.